The van der Waals surface area contributed by atoms with Crippen molar-refractivity contribution in [3.63, 3.8) is 0 Å². The van der Waals surface area contributed by atoms with Crippen LogP contribution in [0.5, 0.6) is 0 Å². The van der Waals surface area contributed by atoms with Crippen molar-refractivity contribution in [3.8, 4) is 0 Å². The Morgan fingerprint density at radius 3 is 2.25 bits per heavy atom. The van der Waals surface area contributed by atoms with Gasteiger partial charge in [-0.25, -0.2) is 8.42 Å². The van der Waals surface area contributed by atoms with Gasteiger partial charge in [-0.2, -0.15) is 0 Å². The van der Waals surface area contributed by atoms with E-state index in [-0.39, 0.29) is 46.1 Å². The van der Waals surface area contributed by atoms with Crippen molar-refractivity contribution in [3.05, 3.63) is 58.7 Å². The minimum Gasteiger partial charge on any atom is -0.744 e. The average molecular weight is 352 g/mol. The summed E-state index contributed by atoms with van der Waals surface area (Å²) in [7, 11) is -4.62. The Morgan fingerprint density at radius 2 is 1.58 bits per heavy atom. The maximum absolute atomic E-state index is 11.6. The van der Waals surface area contributed by atoms with Crippen molar-refractivity contribution < 1.29 is 52.7 Å². The molecular formula is C17H13NaO5S. The van der Waals surface area contributed by atoms with Gasteiger partial charge in [0, 0.05) is 11.5 Å². The summed E-state index contributed by atoms with van der Waals surface area (Å²) in [6.07, 6.45) is 1.82. The molecule has 24 heavy (non-hydrogen) atoms. The molecule has 0 saturated heterocycles. The third kappa shape index (κ3) is 2.37. The fourth-order valence-electron chi connectivity index (χ4n) is 3.55. The summed E-state index contributed by atoms with van der Waals surface area (Å²) in [5, 5.41) is 21.5. The molecule has 5 nitrogen and oxygen atoms in total. The molecule has 0 saturated carbocycles. The minimum absolute atomic E-state index is 0. The van der Waals surface area contributed by atoms with Gasteiger partial charge < -0.3 is 14.8 Å². The second-order valence-corrected chi connectivity index (χ2v) is 7.27. The van der Waals surface area contributed by atoms with Crippen molar-refractivity contribution in [2.45, 2.75) is 18.9 Å². The third-order valence-electron chi connectivity index (χ3n) is 4.56. The van der Waals surface area contributed by atoms with Gasteiger partial charge >= 0.3 is 29.6 Å². The summed E-state index contributed by atoms with van der Waals surface area (Å²) in [5.41, 5.74) is 2.32. The van der Waals surface area contributed by atoms with Crippen LogP contribution >= 0.6 is 0 Å². The van der Waals surface area contributed by atoms with E-state index >= 15 is 0 Å². The van der Waals surface area contributed by atoms with Crippen LogP contribution in [0.15, 0.2) is 36.4 Å². The molecule has 0 radical (unpaired) electrons. The first-order valence-corrected chi connectivity index (χ1v) is 8.56. The largest absolute Gasteiger partial charge is 1.00 e. The monoisotopic (exact) mass is 352 g/mol. The summed E-state index contributed by atoms with van der Waals surface area (Å²) >= 11 is 0. The normalized spacial score (nSPS) is 21.8. The molecule has 0 fully saturated rings. The van der Waals surface area contributed by atoms with E-state index in [9.17, 15) is 23.2 Å². The molecule has 2 atom stereocenters. The Morgan fingerprint density at radius 1 is 1.00 bits per heavy atom. The standard InChI is InChI=1S/C17H14O5S.Na/c1-8-6-15(23(20,21)22)12-5-4-11-14(19)7-13(18)10-3-2-9(8)16(12)17(10)11;/h2-8,14,18-19H,1H3,(H,20,21,22);/q;+1/p-1. The van der Waals surface area contributed by atoms with Crippen LogP contribution in [0.4, 0.5) is 0 Å². The van der Waals surface area contributed by atoms with E-state index < -0.39 is 16.2 Å². The predicted molar refractivity (Wildman–Crippen MR) is 85.6 cm³/mol. The molecular weight excluding hydrogens is 339 g/mol. The number of rotatable bonds is 1. The molecule has 0 amide bonds. The van der Waals surface area contributed by atoms with Gasteiger partial charge in [-0.05, 0) is 33.5 Å². The van der Waals surface area contributed by atoms with Crippen LogP contribution in [-0.4, -0.2) is 23.2 Å². The van der Waals surface area contributed by atoms with E-state index in [1.165, 1.54) is 12.2 Å². The van der Waals surface area contributed by atoms with Crippen LogP contribution < -0.4 is 29.6 Å². The topological polar surface area (TPSA) is 97.7 Å². The van der Waals surface area contributed by atoms with Gasteiger partial charge in [0.05, 0.1) is 4.91 Å². The van der Waals surface area contributed by atoms with Crippen LogP contribution in [0.25, 0.3) is 21.4 Å². The van der Waals surface area contributed by atoms with Crippen molar-refractivity contribution in [1.29, 1.82) is 0 Å². The van der Waals surface area contributed by atoms with Gasteiger partial charge in [0.1, 0.15) is 22.0 Å². The average Bonchev–Trinajstić information content (AvgIpc) is 2.48. The van der Waals surface area contributed by atoms with E-state index in [4.69, 9.17) is 0 Å². The van der Waals surface area contributed by atoms with Crippen LogP contribution in [-0.2, 0) is 10.1 Å². The molecule has 2 N–H and O–H groups in total. The zero-order valence-electron chi connectivity index (χ0n) is 13.1. The molecule has 118 valence electrons. The molecule has 0 heterocycles. The SMILES string of the molecule is CC1C=C(S(=O)(=O)[O-])c2ccc3c4c(ccc1c24)C(O)=CC3O.[Na+]. The molecule has 2 aliphatic rings. The fraction of sp³-hybridized carbons (Fsp3) is 0.176. The van der Waals surface area contributed by atoms with Crippen molar-refractivity contribution in [2.75, 3.05) is 0 Å². The molecule has 4 rings (SSSR count). The van der Waals surface area contributed by atoms with Crippen LogP contribution in [0, 0.1) is 0 Å². The van der Waals surface area contributed by atoms with Gasteiger partial charge in [-0.3, -0.25) is 0 Å². The smallest absolute Gasteiger partial charge is 0.744 e. The molecule has 2 unspecified atom stereocenters. The van der Waals surface area contributed by atoms with Gasteiger partial charge in [0.25, 0.3) is 0 Å². The van der Waals surface area contributed by atoms with Crippen molar-refractivity contribution >= 4 is 31.6 Å². The molecule has 2 aromatic carbocycles. The van der Waals surface area contributed by atoms with E-state index in [1.54, 1.807) is 18.2 Å². The fourth-order valence-corrected chi connectivity index (χ4v) is 4.36. The molecule has 2 aromatic rings. The Balaban J connectivity index is 0.00000169. The zero-order chi connectivity index (χ0) is 16.5. The molecule has 7 heteroatoms. The predicted octanol–water partition coefficient (Wildman–Crippen LogP) is -0.207. The Hall–Kier alpha value is -1.15. The number of hydrogen-bond donors (Lipinski definition) is 2. The Labute approximate surface area is 161 Å². The number of aliphatic hydroxyl groups is 2. The summed E-state index contributed by atoms with van der Waals surface area (Å²) in [6, 6.07) is 6.73. The van der Waals surface area contributed by atoms with Gasteiger partial charge in [0.2, 0.25) is 0 Å². The Kier molecular flexibility index (Phi) is 4.19. The molecule has 0 aliphatic heterocycles. The first kappa shape index (κ1) is 17.7. The number of hydrogen-bond acceptors (Lipinski definition) is 5. The summed E-state index contributed by atoms with van der Waals surface area (Å²) in [4.78, 5) is -0.246. The Bertz CT molecular complexity index is 1040. The van der Waals surface area contributed by atoms with E-state index in [1.807, 2.05) is 13.0 Å². The number of benzene rings is 2. The van der Waals surface area contributed by atoms with Crippen molar-refractivity contribution in [2.24, 2.45) is 0 Å². The first-order valence-electron chi connectivity index (χ1n) is 7.16. The third-order valence-corrected chi connectivity index (χ3v) is 5.46. The molecule has 0 spiro atoms. The zero-order valence-corrected chi connectivity index (χ0v) is 16.0. The van der Waals surface area contributed by atoms with Gasteiger partial charge in [-0.15, -0.1) is 0 Å². The quantitative estimate of drug-likeness (QED) is 0.547. The molecule has 2 aliphatic carbocycles. The first-order chi connectivity index (χ1) is 10.8. The van der Waals surface area contributed by atoms with E-state index in [2.05, 4.69) is 0 Å². The summed E-state index contributed by atoms with van der Waals surface area (Å²) in [6.45, 7) is 1.81. The van der Waals surface area contributed by atoms with Gasteiger partial charge in [-0.1, -0.05) is 37.3 Å². The van der Waals surface area contributed by atoms with Gasteiger partial charge in [0.15, 0.2) is 0 Å². The van der Waals surface area contributed by atoms with Crippen LogP contribution in [0.3, 0.4) is 0 Å². The molecule has 0 bridgehead atoms. The molecule has 0 aromatic heterocycles. The van der Waals surface area contributed by atoms with Crippen molar-refractivity contribution in [1.82, 2.24) is 0 Å². The van der Waals surface area contributed by atoms with Crippen LogP contribution in [0.2, 0.25) is 0 Å². The summed E-state index contributed by atoms with van der Waals surface area (Å²) in [5.74, 6) is -0.307. The minimum atomic E-state index is -4.62. The summed E-state index contributed by atoms with van der Waals surface area (Å²) < 4.78 is 34.9. The van der Waals surface area contributed by atoms with E-state index in [0.29, 0.717) is 27.5 Å². The maximum atomic E-state index is 11.6. The van der Waals surface area contributed by atoms with E-state index in [0.717, 1.165) is 5.56 Å². The van der Waals surface area contributed by atoms with Crippen LogP contribution in [0.1, 0.15) is 41.2 Å². The maximum Gasteiger partial charge on any atom is 1.00 e. The number of aliphatic hydroxyl groups excluding tert-OH is 2. The second-order valence-electron chi connectivity index (χ2n) is 5.93. The second kappa shape index (κ2) is 5.69. The number of allylic oxidation sites excluding steroid dienone is 1.